The third-order valence-electron chi connectivity index (χ3n) is 5.38. The van der Waals surface area contributed by atoms with Gasteiger partial charge in [0, 0.05) is 5.56 Å². The van der Waals surface area contributed by atoms with Gasteiger partial charge in [0.25, 0.3) is 15.9 Å². The van der Waals surface area contributed by atoms with Crippen LogP contribution in [0.4, 0.5) is 5.69 Å². The number of hydrogen-bond acceptors (Lipinski definition) is 6. The molecule has 0 aliphatic rings. The van der Waals surface area contributed by atoms with Crippen molar-refractivity contribution in [3.63, 3.8) is 0 Å². The van der Waals surface area contributed by atoms with Gasteiger partial charge in [-0.1, -0.05) is 60.7 Å². The van der Waals surface area contributed by atoms with Crippen LogP contribution >= 0.6 is 0 Å². The summed E-state index contributed by atoms with van der Waals surface area (Å²) < 4.78 is 33.7. The van der Waals surface area contributed by atoms with Crippen molar-refractivity contribution < 1.29 is 23.1 Å². The molecule has 4 aromatic rings. The molecule has 0 aliphatic carbocycles. The average Bonchev–Trinajstić information content (AvgIpc) is 2.89. The Morgan fingerprint density at radius 3 is 2.44 bits per heavy atom. The second kappa shape index (κ2) is 10.9. The molecule has 0 spiro atoms. The number of ether oxygens (including phenoxy) is 1. The lowest BCUT2D eigenvalue weighted by Crippen LogP contribution is -2.39. The van der Waals surface area contributed by atoms with Gasteiger partial charge >= 0.3 is 0 Å². The minimum absolute atomic E-state index is 0.00521. The molecule has 0 saturated carbocycles. The Morgan fingerprint density at radius 2 is 1.67 bits per heavy atom. The van der Waals surface area contributed by atoms with Crippen molar-refractivity contribution in [3.05, 3.63) is 96.6 Å². The highest BCUT2D eigenvalue weighted by molar-refractivity contribution is 7.92. The minimum atomic E-state index is -4.10. The van der Waals surface area contributed by atoms with E-state index in [1.54, 1.807) is 61.5 Å². The average molecular weight is 504 g/mol. The molecule has 1 amide bonds. The quantitative estimate of drug-likeness (QED) is 0.262. The third-order valence-corrected chi connectivity index (χ3v) is 7.16. The van der Waals surface area contributed by atoms with E-state index in [0.717, 1.165) is 15.1 Å². The Morgan fingerprint density at radius 1 is 0.972 bits per heavy atom. The van der Waals surface area contributed by atoms with E-state index in [-0.39, 0.29) is 16.3 Å². The van der Waals surface area contributed by atoms with Crippen LogP contribution in [-0.4, -0.2) is 38.8 Å². The van der Waals surface area contributed by atoms with Gasteiger partial charge in [-0.25, -0.2) is 13.8 Å². The third kappa shape index (κ3) is 5.31. The molecule has 4 rings (SSSR count). The number of para-hydroxylation sites is 2. The number of sulfonamides is 1. The molecular formula is C27H25N3O5S. The molecule has 0 saturated heterocycles. The predicted molar refractivity (Wildman–Crippen MR) is 140 cm³/mol. The summed E-state index contributed by atoms with van der Waals surface area (Å²) in [5.41, 5.74) is 3.04. The van der Waals surface area contributed by atoms with Crippen molar-refractivity contribution in [3.8, 4) is 11.5 Å². The first-order chi connectivity index (χ1) is 17.4. The van der Waals surface area contributed by atoms with Crippen LogP contribution in [0, 0.1) is 0 Å². The molecule has 36 heavy (non-hydrogen) atoms. The number of rotatable bonds is 9. The maximum absolute atomic E-state index is 13.5. The number of carbonyl (C=O) groups excluding carboxylic acids is 1. The van der Waals surface area contributed by atoms with Gasteiger partial charge < -0.3 is 9.84 Å². The lowest BCUT2D eigenvalue weighted by molar-refractivity contribution is -0.119. The van der Waals surface area contributed by atoms with Crippen molar-refractivity contribution in [1.82, 2.24) is 5.43 Å². The number of amides is 1. The van der Waals surface area contributed by atoms with E-state index in [0.29, 0.717) is 17.9 Å². The van der Waals surface area contributed by atoms with Crippen molar-refractivity contribution in [2.24, 2.45) is 5.10 Å². The number of nitrogens with one attached hydrogen (secondary N) is 1. The number of nitrogens with zero attached hydrogens (tertiary/aromatic N) is 2. The summed E-state index contributed by atoms with van der Waals surface area (Å²) in [5.74, 6) is -0.334. The number of aromatic hydroxyl groups is 1. The van der Waals surface area contributed by atoms with Crippen molar-refractivity contribution in [2.75, 3.05) is 17.5 Å². The van der Waals surface area contributed by atoms with Crippen LogP contribution < -0.4 is 14.5 Å². The van der Waals surface area contributed by atoms with E-state index < -0.39 is 22.5 Å². The van der Waals surface area contributed by atoms with Gasteiger partial charge in [0.15, 0.2) is 0 Å². The topological polar surface area (TPSA) is 108 Å². The summed E-state index contributed by atoms with van der Waals surface area (Å²) >= 11 is 0. The zero-order valence-electron chi connectivity index (χ0n) is 19.5. The van der Waals surface area contributed by atoms with Gasteiger partial charge in [-0.3, -0.25) is 9.10 Å². The van der Waals surface area contributed by atoms with Crippen LogP contribution in [-0.2, 0) is 14.8 Å². The van der Waals surface area contributed by atoms with Crippen LogP contribution in [0.25, 0.3) is 10.8 Å². The van der Waals surface area contributed by atoms with E-state index in [1.807, 2.05) is 24.3 Å². The summed E-state index contributed by atoms with van der Waals surface area (Å²) in [6.45, 7) is 1.57. The Labute approximate surface area is 209 Å². The first kappa shape index (κ1) is 24.7. The van der Waals surface area contributed by atoms with Gasteiger partial charge in [-0.05, 0) is 48.0 Å². The predicted octanol–water partition coefficient (Wildman–Crippen LogP) is 4.29. The maximum atomic E-state index is 13.5. The summed E-state index contributed by atoms with van der Waals surface area (Å²) in [6.07, 6.45) is 1.33. The molecule has 0 bridgehead atoms. The van der Waals surface area contributed by atoms with E-state index in [4.69, 9.17) is 4.74 Å². The highest BCUT2D eigenvalue weighted by Gasteiger charge is 2.29. The number of phenolic OH excluding ortho intramolecular Hbond substituents is 1. The Bertz CT molecular complexity index is 1500. The van der Waals surface area contributed by atoms with E-state index in [2.05, 4.69) is 10.5 Å². The number of carbonyl (C=O) groups is 1. The Balaban J connectivity index is 1.63. The fourth-order valence-corrected chi connectivity index (χ4v) is 5.17. The van der Waals surface area contributed by atoms with Gasteiger partial charge in [0.1, 0.15) is 18.0 Å². The Kier molecular flexibility index (Phi) is 7.50. The van der Waals surface area contributed by atoms with Crippen LogP contribution in [0.1, 0.15) is 12.5 Å². The fraction of sp³-hybridized carbons (Fsp3) is 0.111. The second-order valence-electron chi connectivity index (χ2n) is 7.74. The molecule has 0 heterocycles. The zero-order valence-corrected chi connectivity index (χ0v) is 20.4. The lowest BCUT2D eigenvalue weighted by Gasteiger charge is -2.25. The minimum Gasteiger partial charge on any atom is -0.507 e. The summed E-state index contributed by atoms with van der Waals surface area (Å²) in [4.78, 5) is 12.9. The zero-order chi connectivity index (χ0) is 25.5. The first-order valence-corrected chi connectivity index (χ1v) is 12.7. The van der Waals surface area contributed by atoms with Crippen LogP contribution in [0.5, 0.6) is 11.5 Å². The molecule has 0 aliphatic heterocycles. The number of hydrogen-bond donors (Lipinski definition) is 2. The first-order valence-electron chi connectivity index (χ1n) is 11.2. The number of benzene rings is 4. The maximum Gasteiger partial charge on any atom is 0.264 e. The Hall–Kier alpha value is -4.37. The molecule has 0 radical (unpaired) electrons. The molecular weight excluding hydrogens is 478 g/mol. The lowest BCUT2D eigenvalue weighted by atomic mass is 10.0. The van der Waals surface area contributed by atoms with Crippen LogP contribution in [0.3, 0.4) is 0 Å². The van der Waals surface area contributed by atoms with Crippen molar-refractivity contribution in [2.45, 2.75) is 11.8 Å². The highest BCUT2D eigenvalue weighted by Crippen LogP contribution is 2.32. The molecule has 2 N–H and O–H groups in total. The molecule has 0 atom stereocenters. The number of fused-ring (bicyclic) bond motifs is 1. The summed E-state index contributed by atoms with van der Waals surface area (Å²) in [6, 6.07) is 25.2. The largest absolute Gasteiger partial charge is 0.507 e. The number of hydrazone groups is 1. The van der Waals surface area contributed by atoms with Gasteiger partial charge in [-0.15, -0.1) is 0 Å². The monoisotopic (exact) mass is 503 g/mol. The van der Waals surface area contributed by atoms with Crippen molar-refractivity contribution in [1.29, 1.82) is 0 Å². The SMILES string of the molecule is CCOc1ccccc1N(CC(=O)NN=Cc1c(O)ccc2ccccc12)S(=O)(=O)c1ccccc1. The van der Waals surface area contributed by atoms with E-state index in [9.17, 15) is 18.3 Å². The summed E-state index contributed by atoms with van der Waals surface area (Å²) in [5, 5.41) is 15.9. The van der Waals surface area contributed by atoms with Gasteiger partial charge in [-0.2, -0.15) is 5.10 Å². The normalized spacial score (nSPS) is 11.5. The van der Waals surface area contributed by atoms with E-state index >= 15 is 0 Å². The molecule has 0 aromatic heterocycles. The molecule has 0 unspecified atom stereocenters. The summed E-state index contributed by atoms with van der Waals surface area (Å²) in [7, 11) is -4.10. The molecule has 0 fully saturated rings. The standard InChI is InChI=1S/C27H25N3O5S/c1-2-35-26-15-9-8-14-24(26)30(36(33,34)21-11-4-3-5-12-21)19-27(32)29-28-18-23-22-13-7-6-10-20(22)16-17-25(23)31/h3-18,31H,2,19H2,1H3,(H,29,32). The van der Waals surface area contributed by atoms with Gasteiger partial charge in [0.2, 0.25) is 0 Å². The number of phenols is 1. The van der Waals surface area contributed by atoms with Crippen molar-refractivity contribution >= 4 is 38.6 Å². The molecule has 9 heteroatoms. The molecule has 184 valence electrons. The van der Waals surface area contributed by atoms with Gasteiger partial charge in [0.05, 0.1) is 23.4 Å². The van der Waals surface area contributed by atoms with Crippen LogP contribution in [0.15, 0.2) is 101 Å². The highest BCUT2D eigenvalue weighted by atomic mass is 32.2. The van der Waals surface area contributed by atoms with E-state index in [1.165, 1.54) is 18.3 Å². The molecule has 4 aromatic carbocycles. The number of anilines is 1. The second-order valence-corrected chi connectivity index (χ2v) is 9.60. The van der Waals surface area contributed by atoms with Crippen LogP contribution in [0.2, 0.25) is 0 Å². The fourth-order valence-electron chi connectivity index (χ4n) is 3.71. The molecule has 8 nitrogen and oxygen atoms in total. The smallest absolute Gasteiger partial charge is 0.264 e.